The Morgan fingerprint density at radius 3 is 1.84 bits per heavy atom. The minimum atomic E-state index is -0.952. The summed E-state index contributed by atoms with van der Waals surface area (Å²) in [4.78, 5) is 23.0. The zero-order valence-electron chi connectivity index (χ0n) is 30.9. The van der Waals surface area contributed by atoms with Crippen molar-refractivity contribution in [3.8, 4) is 23.6 Å². The first-order valence-corrected chi connectivity index (χ1v) is 19.3. The fourth-order valence-electron chi connectivity index (χ4n) is 7.22. The topological polar surface area (TPSA) is 266 Å². The minimum absolute atomic E-state index is 0.00384. The lowest BCUT2D eigenvalue weighted by atomic mass is 9.85. The third-order valence-corrected chi connectivity index (χ3v) is 10.6. The van der Waals surface area contributed by atoms with Gasteiger partial charge < -0.3 is 41.9 Å². The molecule has 4 aromatic rings. The maximum atomic E-state index is 11.9. The first kappa shape index (κ1) is 40.6. The zero-order valence-corrected chi connectivity index (χ0v) is 32.5. The molecule has 16 nitrogen and oxygen atoms in total. The summed E-state index contributed by atoms with van der Waals surface area (Å²) in [5.41, 5.74) is 19.3. The number of rotatable bonds is 6. The molecule has 2 amide bonds. The van der Waals surface area contributed by atoms with E-state index in [1.54, 1.807) is 51.9 Å². The third kappa shape index (κ3) is 9.87. The number of carbonyl (C=O) groups excluding carboxylic acids is 2. The van der Waals surface area contributed by atoms with Crippen LogP contribution in [0, 0.1) is 34.5 Å². The summed E-state index contributed by atoms with van der Waals surface area (Å²) >= 11 is 3.35. The molecule has 2 saturated carbocycles. The van der Waals surface area contributed by atoms with Crippen molar-refractivity contribution < 1.29 is 28.9 Å². The number of nitrogen functional groups attached to an aromatic ring is 1. The largest absolute Gasteiger partial charge is 0.552 e. The number of anilines is 3. The number of nitrogens with two attached hydrogens (primary N) is 3. The summed E-state index contributed by atoms with van der Waals surface area (Å²) in [6.45, 7) is 0. The normalized spacial score (nSPS) is 20.4. The lowest BCUT2D eigenvalue weighted by Gasteiger charge is -2.26. The van der Waals surface area contributed by atoms with Crippen LogP contribution in [0.25, 0.3) is 12.2 Å². The van der Waals surface area contributed by atoms with Crippen molar-refractivity contribution in [1.29, 1.82) is 10.5 Å². The molecule has 2 aromatic heterocycles. The summed E-state index contributed by atoms with van der Waals surface area (Å²) in [6.07, 6.45) is 14.4. The molecule has 0 spiro atoms. The molecule has 19 heteroatoms. The molecule has 292 valence electrons. The molecular formula is C38H41B2BrN10O6. The van der Waals surface area contributed by atoms with Gasteiger partial charge in [0, 0.05) is 33.7 Å². The van der Waals surface area contributed by atoms with Crippen molar-refractivity contribution in [2.45, 2.75) is 63.5 Å². The van der Waals surface area contributed by atoms with Crippen LogP contribution >= 0.6 is 15.9 Å². The SMILES string of the molecule is N#C[C@H]1CCCCC1n1cc(C(N)=O)c(N)n1.N#C[C@H]1CCCCC1n1cc(C(N)=O)c(Nc2ccc3c(c2)C=CB(O)O3)n1.OB1C=Cc2cc(Br)ccc2O1. The highest BCUT2D eigenvalue weighted by molar-refractivity contribution is 9.10. The Morgan fingerprint density at radius 2 is 1.30 bits per heavy atom. The van der Waals surface area contributed by atoms with Gasteiger partial charge in [-0.1, -0.05) is 53.8 Å². The maximum absolute atomic E-state index is 11.9. The molecule has 2 fully saturated rings. The van der Waals surface area contributed by atoms with Crippen molar-refractivity contribution in [2.75, 3.05) is 11.1 Å². The van der Waals surface area contributed by atoms with Gasteiger partial charge in [-0.25, -0.2) is 0 Å². The quantitative estimate of drug-likeness (QED) is 0.139. The minimum Gasteiger partial charge on any atom is -0.532 e. The van der Waals surface area contributed by atoms with E-state index in [9.17, 15) is 19.9 Å². The molecule has 9 N–H and O–H groups in total. The maximum Gasteiger partial charge on any atom is 0.552 e. The van der Waals surface area contributed by atoms with Crippen LogP contribution in [0.2, 0.25) is 0 Å². The summed E-state index contributed by atoms with van der Waals surface area (Å²) < 4.78 is 14.8. The van der Waals surface area contributed by atoms with Gasteiger partial charge >= 0.3 is 14.2 Å². The highest BCUT2D eigenvalue weighted by Gasteiger charge is 2.30. The molecule has 0 saturated heterocycles. The number of primary amides is 2. The molecule has 8 rings (SSSR count). The van der Waals surface area contributed by atoms with Gasteiger partial charge in [0.1, 0.15) is 22.6 Å². The van der Waals surface area contributed by atoms with Crippen LogP contribution in [0.15, 0.2) is 65.2 Å². The van der Waals surface area contributed by atoms with Gasteiger partial charge in [0.2, 0.25) is 0 Å². The average molecular weight is 835 g/mol. The van der Waals surface area contributed by atoms with E-state index in [-0.39, 0.29) is 40.9 Å². The second-order valence-electron chi connectivity index (χ2n) is 14.0. The molecule has 4 heterocycles. The molecule has 57 heavy (non-hydrogen) atoms. The van der Waals surface area contributed by atoms with Crippen LogP contribution in [0.4, 0.5) is 17.3 Å². The lowest BCUT2D eigenvalue weighted by molar-refractivity contribution is 0.0992. The van der Waals surface area contributed by atoms with Crippen molar-refractivity contribution in [1.82, 2.24) is 19.6 Å². The second-order valence-corrected chi connectivity index (χ2v) is 14.9. The van der Waals surface area contributed by atoms with E-state index in [4.69, 9.17) is 36.8 Å². The molecule has 0 radical (unpaired) electrons. The average Bonchev–Trinajstić information content (AvgIpc) is 3.82. The van der Waals surface area contributed by atoms with Crippen LogP contribution in [-0.2, 0) is 0 Å². The standard InChI is InChI=1S/C19H20BN5O3.C11H15N5O.C8H6BBrO2/c21-10-13-3-1-2-4-16(13)25-11-15(18(22)26)19(24-25)23-14-5-6-17-12(9-14)7-8-20(27)28-17;12-5-7-3-1-2-4-9(7)16-6-8(11(14)17)10(13)15-16;10-7-1-2-8-6(5-7)3-4-9(11)12-8/h5-9,11,13,16,27H,1-4H2,(H2,22,26)(H,23,24);6-7,9H,1-4H2,(H2,13,15)(H2,14,17);1-5,11H/t13-,16?;7-,9?;/m11./s1. The zero-order chi connectivity index (χ0) is 40.6. The van der Waals surface area contributed by atoms with E-state index < -0.39 is 26.1 Å². The smallest absolute Gasteiger partial charge is 0.532 e. The number of amides is 2. The molecular weight excluding hydrogens is 794 g/mol. The van der Waals surface area contributed by atoms with Gasteiger partial charge in [0.05, 0.1) is 36.1 Å². The summed E-state index contributed by atoms with van der Waals surface area (Å²) in [5, 5.41) is 48.9. The van der Waals surface area contributed by atoms with Crippen molar-refractivity contribution in [3.05, 3.63) is 87.5 Å². The first-order chi connectivity index (χ1) is 27.4. The monoisotopic (exact) mass is 834 g/mol. The van der Waals surface area contributed by atoms with Crippen LogP contribution < -0.4 is 31.8 Å². The molecule has 2 aliphatic carbocycles. The van der Waals surface area contributed by atoms with E-state index in [0.29, 0.717) is 23.0 Å². The molecule has 2 aliphatic heterocycles. The number of nitrogens with one attached hydrogen (secondary N) is 1. The summed E-state index contributed by atoms with van der Waals surface area (Å²) in [7, 11) is -1.76. The number of fused-ring (bicyclic) bond motifs is 2. The molecule has 2 unspecified atom stereocenters. The van der Waals surface area contributed by atoms with Crippen LogP contribution in [0.1, 0.15) is 95.3 Å². The van der Waals surface area contributed by atoms with E-state index in [1.807, 2.05) is 30.3 Å². The third-order valence-electron chi connectivity index (χ3n) is 10.1. The highest BCUT2D eigenvalue weighted by Crippen LogP contribution is 2.36. The Hall–Kier alpha value is -6.01. The molecule has 2 aromatic carbocycles. The van der Waals surface area contributed by atoms with Crippen LogP contribution in [0.3, 0.4) is 0 Å². The van der Waals surface area contributed by atoms with Crippen molar-refractivity contribution in [2.24, 2.45) is 23.3 Å². The van der Waals surface area contributed by atoms with Gasteiger partial charge in [-0.2, -0.15) is 20.7 Å². The highest BCUT2D eigenvalue weighted by atomic mass is 79.9. The predicted octanol–water partition coefficient (Wildman–Crippen LogP) is 5.10. The van der Waals surface area contributed by atoms with Gasteiger partial charge in [0.25, 0.3) is 11.8 Å². The van der Waals surface area contributed by atoms with E-state index in [0.717, 1.165) is 67.0 Å². The molecule has 4 aliphatic rings. The Labute approximate surface area is 338 Å². The fourth-order valence-corrected chi connectivity index (χ4v) is 7.60. The van der Waals surface area contributed by atoms with Crippen LogP contribution in [-0.4, -0.2) is 55.7 Å². The van der Waals surface area contributed by atoms with E-state index in [2.05, 4.69) is 43.6 Å². The number of benzene rings is 2. The fraction of sp³-hybridized carbons (Fsp3) is 0.316. The van der Waals surface area contributed by atoms with Gasteiger partial charge in [-0.15, -0.1) is 0 Å². The Morgan fingerprint density at radius 1 is 0.789 bits per heavy atom. The lowest BCUT2D eigenvalue weighted by Crippen LogP contribution is -2.22. The van der Waals surface area contributed by atoms with Gasteiger partial charge in [-0.3, -0.25) is 19.0 Å². The first-order valence-electron chi connectivity index (χ1n) is 18.5. The predicted molar refractivity (Wildman–Crippen MR) is 218 cm³/mol. The van der Waals surface area contributed by atoms with E-state index >= 15 is 0 Å². The Kier molecular flexibility index (Phi) is 13.0. The Balaban J connectivity index is 0.000000160. The number of aromatic nitrogens is 4. The number of hydrogen-bond acceptors (Lipinski definition) is 12. The number of nitriles is 2. The number of halogens is 1. The summed E-state index contributed by atoms with van der Waals surface area (Å²) in [6, 6.07) is 15.6. The number of hydrogen-bond donors (Lipinski definition) is 6. The summed E-state index contributed by atoms with van der Waals surface area (Å²) in [5.74, 6) is 3.57. The van der Waals surface area contributed by atoms with Crippen molar-refractivity contribution >= 4 is 71.5 Å². The van der Waals surface area contributed by atoms with E-state index in [1.165, 1.54) is 0 Å². The van der Waals surface area contributed by atoms with Crippen molar-refractivity contribution in [3.63, 3.8) is 0 Å². The Bertz CT molecular complexity index is 2270. The number of nitrogens with zero attached hydrogens (tertiary/aromatic N) is 6. The van der Waals surface area contributed by atoms with Gasteiger partial charge in [-0.05, 0) is 74.0 Å². The second kappa shape index (κ2) is 18.3. The molecule has 4 atom stereocenters. The molecule has 0 bridgehead atoms. The van der Waals surface area contributed by atoms with Crippen LogP contribution in [0.5, 0.6) is 11.5 Å². The number of carbonyl (C=O) groups is 2. The van der Waals surface area contributed by atoms with Gasteiger partial charge in [0.15, 0.2) is 11.6 Å².